The van der Waals surface area contributed by atoms with Gasteiger partial charge in [-0.1, -0.05) is 12.1 Å². The van der Waals surface area contributed by atoms with Gasteiger partial charge >= 0.3 is 5.97 Å². The molecular formula is C14H8FNO3S. The van der Waals surface area contributed by atoms with Gasteiger partial charge < -0.3 is 9.52 Å². The first-order chi connectivity index (χ1) is 9.63. The van der Waals surface area contributed by atoms with Crippen molar-refractivity contribution in [3.05, 3.63) is 53.4 Å². The lowest BCUT2D eigenvalue weighted by atomic mass is 10.2. The Balaban J connectivity index is 1.95. The van der Waals surface area contributed by atoms with Crippen molar-refractivity contribution in [3.8, 4) is 22.0 Å². The number of aromatic carboxylic acids is 1. The molecule has 1 aromatic carbocycles. The molecule has 1 N–H and O–H groups in total. The zero-order chi connectivity index (χ0) is 14.1. The van der Waals surface area contributed by atoms with Crippen molar-refractivity contribution >= 4 is 17.3 Å². The van der Waals surface area contributed by atoms with Gasteiger partial charge in [-0.25, -0.2) is 14.2 Å². The van der Waals surface area contributed by atoms with Crippen LogP contribution in [0.25, 0.3) is 22.0 Å². The van der Waals surface area contributed by atoms with Gasteiger partial charge in [-0.2, -0.15) is 0 Å². The summed E-state index contributed by atoms with van der Waals surface area (Å²) in [6.07, 6.45) is 1.17. The van der Waals surface area contributed by atoms with Crippen LogP contribution in [0.5, 0.6) is 0 Å². The lowest BCUT2D eigenvalue weighted by Gasteiger charge is -1.95. The Kier molecular flexibility index (Phi) is 3.08. The van der Waals surface area contributed by atoms with Crippen LogP contribution >= 0.6 is 11.3 Å². The van der Waals surface area contributed by atoms with Gasteiger partial charge in [0.25, 0.3) is 0 Å². The van der Waals surface area contributed by atoms with Gasteiger partial charge in [0.1, 0.15) is 22.8 Å². The minimum absolute atomic E-state index is 0.0697. The van der Waals surface area contributed by atoms with Crippen molar-refractivity contribution in [1.82, 2.24) is 4.98 Å². The third kappa shape index (κ3) is 2.33. The normalized spacial score (nSPS) is 10.7. The molecule has 0 atom stereocenters. The summed E-state index contributed by atoms with van der Waals surface area (Å²) >= 11 is 1.34. The van der Waals surface area contributed by atoms with E-state index in [0.717, 1.165) is 0 Å². The van der Waals surface area contributed by atoms with E-state index in [2.05, 4.69) is 4.98 Å². The molecule has 0 saturated carbocycles. The Morgan fingerprint density at radius 3 is 2.90 bits per heavy atom. The molecular weight excluding hydrogens is 281 g/mol. The number of thiazole rings is 1. The Labute approximate surface area is 117 Å². The first kappa shape index (κ1) is 12.6. The highest BCUT2D eigenvalue weighted by molar-refractivity contribution is 7.13. The van der Waals surface area contributed by atoms with Gasteiger partial charge in [0, 0.05) is 17.0 Å². The molecule has 0 unspecified atom stereocenters. The summed E-state index contributed by atoms with van der Waals surface area (Å²) in [6, 6.07) is 7.54. The highest BCUT2D eigenvalue weighted by Gasteiger charge is 2.13. The van der Waals surface area contributed by atoms with Crippen LogP contribution in [-0.2, 0) is 0 Å². The summed E-state index contributed by atoms with van der Waals surface area (Å²) in [6.45, 7) is 0. The number of hydrogen-bond donors (Lipinski definition) is 1. The van der Waals surface area contributed by atoms with Gasteiger partial charge in [0.05, 0.1) is 5.56 Å². The molecule has 20 heavy (non-hydrogen) atoms. The van der Waals surface area contributed by atoms with Crippen molar-refractivity contribution in [2.24, 2.45) is 0 Å². The number of furan rings is 1. The van der Waals surface area contributed by atoms with E-state index in [1.807, 2.05) is 0 Å². The van der Waals surface area contributed by atoms with Crippen molar-refractivity contribution in [1.29, 1.82) is 0 Å². The monoisotopic (exact) mass is 289 g/mol. The molecule has 2 heterocycles. The number of carboxylic acid groups (broad SMARTS) is 1. The molecule has 0 bridgehead atoms. The molecule has 6 heteroatoms. The van der Waals surface area contributed by atoms with Crippen molar-refractivity contribution < 1.29 is 18.7 Å². The summed E-state index contributed by atoms with van der Waals surface area (Å²) in [5.74, 6) is -1.01. The molecule has 0 aliphatic carbocycles. The highest BCUT2D eigenvalue weighted by Crippen LogP contribution is 2.30. The molecule has 0 radical (unpaired) electrons. The summed E-state index contributed by atoms with van der Waals surface area (Å²) < 4.78 is 18.3. The van der Waals surface area contributed by atoms with Crippen LogP contribution in [0.3, 0.4) is 0 Å². The first-order valence-electron chi connectivity index (χ1n) is 5.67. The van der Waals surface area contributed by atoms with Crippen LogP contribution in [0.1, 0.15) is 10.4 Å². The van der Waals surface area contributed by atoms with Crippen LogP contribution in [0.2, 0.25) is 0 Å². The molecule has 3 rings (SSSR count). The fraction of sp³-hybridized carbons (Fsp3) is 0. The Hall–Kier alpha value is -2.47. The van der Waals surface area contributed by atoms with Gasteiger partial charge in [-0.05, 0) is 12.1 Å². The second-order valence-corrected chi connectivity index (χ2v) is 4.91. The average molecular weight is 289 g/mol. The second kappa shape index (κ2) is 4.90. The number of hydrogen-bond acceptors (Lipinski definition) is 4. The van der Waals surface area contributed by atoms with Crippen molar-refractivity contribution in [3.63, 3.8) is 0 Å². The molecule has 0 amide bonds. The molecule has 0 fully saturated rings. The standard InChI is InChI=1S/C14H8FNO3S/c15-10-3-1-2-8(4-10)13-16-11(7-20-13)12-5-9(6-19-12)14(17)18/h1-7H,(H,17,18). The van der Waals surface area contributed by atoms with Crippen LogP contribution in [0.4, 0.5) is 4.39 Å². The zero-order valence-electron chi connectivity index (χ0n) is 10.0. The van der Waals surface area contributed by atoms with Crippen LogP contribution < -0.4 is 0 Å². The van der Waals surface area contributed by atoms with Gasteiger partial charge in [-0.3, -0.25) is 0 Å². The Morgan fingerprint density at radius 1 is 1.35 bits per heavy atom. The van der Waals surface area contributed by atoms with E-state index in [1.54, 1.807) is 17.5 Å². The molecule has 0 spiro atoms. The fourth-order valence-electron chi connectivity index (χ4n) is 1.72. The fourth-order valence-corrected chi connectivity index (χ4v) is 2.53. The minimum Gasteiger partial charge on any atom is -0.478 e. The van der Waals surface area contributed by atoms with E-state index in [1.165, 1.54) is 35.8 Å². The van der Waals surface area contributed by atoms with E-state index in [9.17, 15) is 9.18 Å². The summed E-state index contributed by atoms with van der Waals surface area (Å²) in [7, 11) is 0. The zero-order valence-corrected chi connectivity index (χ0v) is 10.9. The number of aromatic nitrogens is 1. The third-order valence-electron chi connectivity index (χ3n) is 2.67. The Bertz CT molecular complexity index is 778. The van der Waals surface area contributed by atoms with Crippen molar-refractivity contribution in [2.45, 2.75) is 0 Å². The number of halogens is 1. The molecule has 3 aromatic rings. The summed E-state index contributed by atoms with van der Waals surface area (Å²) in [5, 5.41) is 11.2. The number of rotatable bonds is 3. The molecule has 100 valence electrons. The molecule has 0 aliphatic heterocycles. The summed E-state index contributed by atoms with van der Waals surface area (Å²) in [4.78, 5) is 15.1. The summed E-state index contributed by atoms with van der Waals surface area (Å²) in [5.41, 5.74) is 1.27. The predicted molar refractivity (Wildman–Crippen MR) is 72.2 cm³/mol. The maximum absolute atomic E-state index is 13.2. The van der Waals surface area contributed by atoms with Crippen LogP contribution in [0.15, 0.2) is 46.4 Å². The lowest BCUT2D eigenvalue weighted by Crippen LogP contribution is -1.91. The van der Waals surface area contributed by atoms with Gasteiger partial charge in [-0.15, -0.1) is 11.3 Å². The second-order valence-electron chi connectivity index (χ2n) is 4.05. The largest absolute Gasteiger partial charge is 0.478 e. The first-order valence-corrected chi connectivity index (χ1v) is 6.55. The van der Waals surface area contributed by atoms with Crippen LogP contribution in [0, 0.1) is 5.82 Å². The molecule has 0 aliphatic rings. The molecule has 2 aromatic heterocycles. The lowest BCUT2D eigenvalue weighted by molar-refractivity contribution is 0.0696. The minimum atomic E-state index is -1.06. The topological polar surface area (TPSA) is 63.3 Å². The maximum atomic E-state index is 13.2. The van der Waals surface area contributed by atoms with E-state index in [0.29, 0.717) is 22.0 Å². The van der Waals surface area contributed by atoms with E-state index in [-0.39, 0.29) is 11.4 Å². The smallest absolute Gasteiger partial charge is 0.338 e. The predicted octanol–water partition coefficient (Wildman–Crippen LogP) is 3.91. The SMILES string of the molecule is O=C(O)c1coc(-c2csc(-c3cccc(F)c3)n2)c1. The van der Waals surface area contributed by atoms with E-state index >= 15 is 0 Å². The van der Waals surface area contributed by atoms with E-state index in [4.69, 9.17) is 9.52 Å². The average Bonchev–Trinajstić information content (AvgIpc) is 3.08. The maximum Gasteiger partial charge on any atom is 0.338 e. The van der Waals surface area contributed by atoms with Crippen molar-refractivity contribution in [2.75, 3.05) is 0 Å². The molecule has 4 nitrogen and oxygen atoms in total. The third-order valence-corrected chi connectivity index (χ3v) is 3.57. The van der Waals surface area contributed by atoms with Gasteiger partial charge in [0.15, 0.2) is 5.76 Å². The number of benzene rings is 1. The number of nitrogens with zero attached hydrogens (tertiary/aromatic N) is 1. The van der Waals surface area contributed by atoms with Gasteiger partial charge in [0.2, 0.25) is 0 Å². The van der Waals surface area contributed by atoms with E-state index < -0.39 is 5.97 Å². The quantitative estimate of drug-likeness (QED) is 0.794. The Morgan fingerprint density at radius 2 is 2.20 bits per heavy atom. The van der Waals surface area contributed by atoms with Crippen LogP contribution in [-0.4, -0.2) is 16.1 Å². The number of carboxylic acids is 1. The highest BCUT2D eigenvalue weighted by atomic mass is 32.1. The molecule has 0 saturated heterocycles. The number of carbonyl (C=O) groups is 1.